The molecule has 0 aliphatic carbocycles. The van der Waals surface area contributed by atoms with Crippen LogP contribution in [-0.2, 0) is 31.2 Å². The molecule has 0 spiro atoms. The van der Waals surface area contributed by atoms with Gasteiger partial charge in [0.05, 0.1) is 18.2 Å². The molecular formula is C20H33F3N3O12+. The first-order valence-corrected chi connectivity index (χ1v) is 10.5. The Morgan fingerprint density at radius 2 is 1.63 bits per heavy atom. The molecule has 3 rings (SSSR count). The highest BCUT2D eigenvalue weighted by atomic mass is 19.4. The number of hydrogen-bond donors (Lipinski definition) is 10. The first-order valence-electron chi connectivity index (χ1n) is 10.5. The average Bonchev–Trinajstić information content (AvgIpc) is 3.41. The van der Waals surface area contributed by atoms with Crippen LogP contribution < -0.4 is 21.8 Å². The van der Waals surface area contributed by atoms with Crippen LogP contribution >= 0.6 is 0 Å². The van der Waals surface area contributed by atoms with Gasteiger partial charge in [-0.15, -0.1) is 0 Å². The van der Waals surface area contributed by atoms with Crippen molar-refractivity contribution in [3.63, 3.8) is 0 Å². The Morgan fingerprint density at radius 3 is 2.00 bits per heavy atom. The largest absolute Gasteiger partial charge is 0.475 e. The Labute approximate surface area is 214 Å². The first-order chi connectivity index (χ1) is 17.6. The number of nitrogens with one attached hydrogen (secondary N) is 1. The maximum absolute atomic E-state index is 13.3. The summed E-state index contributed by atoms with van der Waals surface area (Å²) in [6, 6.07) is 1.02. The number of hydrogen-bond acceptors (Lipinski definition) is 14. The molecule has 18 heteroatoms. The summed E-state index contributed by atoms with van der Waals surface area (Å²) in [5.41, 5.74) is -3.77. The van der Waals surface area contributed by atoms with Gasteiger partial charge in [0.25, 0.3) is 0 Å². The number of halogens is 3. The molecule has 1 saturated heterocycles. The Hall–Kier alpha value is -2.46. The average molecular weight is 564 g/mol. The summed E-state index contributed by atoms with van der Waals surface area (Å²) in [4.78, 5) is 19.8. The SMILES string of the molecule is C1CCNC1.CO.CO[NH3+].NOCOC(=O)C1=Cc2cc(C(O)(O)O)cc(C(O)(O)O)c2OC1C(F)(F)F. The van der Waals surface area contributed by atoms with E-state index < -0.39 is 65.0 Å². The van der Waals surface area contributed by atoms with Crippen LogP contribution in [0.15, 0.2) is 17.7 Å². The number of aliphatic hydroxyl groups excluding tert-OH is 1. The number of nitrogens with two attached hydrogens (primary N) is 1. The van der Waals surface area contributed by atoms with Crippen LogP contribution in [0.2, 0.25) is 0 Å². The lowest BCUT2D eigenvalue weighted by molar-refractivity contribution is -0.679. The molecule has 0 radical (unpaired) electrons. The smallest absolute Gasteiger partial charge is 0.430 e. The van der Waals surface area contributed by atoms with Crippen molar-refractivity contribution in [1.29, 1.82) is 0 Å². The van der Waals surface area contributed by atoms with E-state index in [1.165, 1.54) is 33.0 Å². The number of aliphatic hydroxyl groups is 7. The van der Waals surface area contributed by atoms with Crippen LogP contribution in [0.1, 0.15) is 29.5 Å². The molecule has 220 valence electrons. The highest BCUT2D eigenvalue weighted by Gasteiger charge is 2.50. The van der Waals surface area contributed by atoms with Crippen LogP contribution in [0.5, 0.6) is 5.75 Å². The van der Waals surface area contributed by atoms with Crippen molar-refractivity contribution in [2.45, 2.75) is 37.1 Å². The first kappa shape index (κ1) is 35.5. The molecule has 0 aromatic heterocycles. The molecule has 2 aliphatic rings. The van der Waals surface area contributed by atoms with E-state index in [4.69, 9.17) is 5.11 Å². The molecule has 1 aromatic rings. The zero-order valence-corrected chi connectivity index (χ0v) is 20.4. The van der Waals surface area contributed by atoms with E-state index in [2.05, 4.69) is 36.3 Å². The second-order valence-electron chi connectivity index (χ2n) is 7.31. The number of esters is 1. The quantitative estimate of drug-likeness (QED) is 0.0956. The Bertz CT molecular complexity index is 891. The van der Waals surface area contributed by atoms with Crippen LogP contribution in [-0.4, -0.2) is 88.1 Å². The lowest BCUT2D eigenvalue weighted by Crippen LogP contribution is -2.46. The lowest BCUT2D eigenvalue weighted by Gasteiger charge is -2.31. The number of carbonyl (C=O) groups excluding carboxylic acids is 1. The van der Waals surface area contributed by atoms with Gasteiger partial charge in [0.15, 0.2) is 0 Å². The number of benzene rings is 1. The molecule has 2 heterocycles. The summed E-state index contributed by atoms with van der Waals surface area (Å²) in [7, 11) is 2.51. The summed E-state index contributed by atoms with van der Waals surface area (Å²) >= 11 is 0. The van der Waals surface area contributed by atoms with E-state index >= 15 is 0 Å². The number of alkyl halides is 3. The van der Waals surface area contributed by atoms with E-state index in [1.54, 1.807) is 0 Å². The van der Waals surface area contributed by atoms with E-state index in [1.807, 2.05) is 0 Å². The highest BCUT2D eigenvalue weighted by Crippen LogP contribution is 2.43. The normalized spacial score (nSPS) is 16.7. The minimum atomic E-state index is -5.19. The van der Waals surface area contributed by atoms with Crippen LogP contribution in [0.25, 0.3) is 6.08 Å². The van der Waals surface area contributed by atoms with Gasteiger partial charge < -0.3 is 50.5 Å². The van der Waals surface area contributed by atoms with Crippen LogP contribution in [0, 0.1) is 0 Å². The van der Waals surface area contributed by atoms with Crippen molar-refractivity contribution < 1.29 is 78.8 Å². The van der Waals surface area contributed by atoms with Gasteiger partial charge in [0, 0.05) is 18.2 Å². The van der Waals surface area contributed by atoms with Crippen LogP contribution in [0.4, 0.5) is 13.2 Å². The summed E-state index contributed by atoms with van der Waals surface area (Å²) in [6.07, 6.45) is -4.86. The van der Waals surface area contributed by atoms with Gasteiger partial charge in [-0.2, -0.15) is 13.2 Å². The Balaban J connectivity index is 0.00000116. The van der Waals surface area contributed by atoms with Crippen molar-refractivity contribution in [1.82, 2.24) is 5.32 Å². The van der Waals surface area contributed by atoms with Gasteiger partial charge >= 0.3 is 24.1 Å². The molecule has 2 aliphatic heterocycles. The van der Waals surface area contributed by atoms with Gasteiger partial charge in [0.1, 0.15) is 5.75 Å². The van der Waals surface area contributed by atoms with Crippen molar-refractivity contribution in [3.8, 4) is 5.75 Å². The monoisotopic (exact) mass is 564 g/mol. The number of ether oxygens (including phenoxy) is 2. The Morgan fingerprint density at radius 1 is 1.11 bits per heavy atom. The second-order valence-corrected chi connectivity index (χ2v) is 7.31. The standard InChI is InChI=1S/C14H14F3NO10.C4H9N.CH6NO.CH4O/c15-12(16,17)10-7(11(19)26-4-27-18)2-5-1-6(13(20,21)22)3-8(9(5)28-10)14(23,24)25;1-2-4-5-3-1;1-3-2;1-2/h1-3,10,20-25H,4,18H2;5H,1-4H2;1-2H3;2H,1H3/q;;+1;. The van der Waals surface area contributed by atoms with Crippen molar-refractivity contribution >= 4 is 12.0 Å². The zero-order valence-electron chi connectivity index (χ0n) is 20.4. The van der Waals surface area contributed by atoms with Gasteiger partial charge in [0.2, 0.25) is 12.9 Å². The minimum Gasteiger partial charge on any atom is -0.475 e. The molecule has 0 saturated carbocycles. The van der Waals surface area contributed by atoms with Gasteiger partial charge in [-0.3, -0.25) is 4.84 Å². The molecule has 1 atom stereocenters. The molecule has 1 fully saturated rings. The lowest BCUT2D eigenvalue weighted by atomic mass is 9.95. The number of carbonyl (C=O) groups is 1. The third kappa shape index (κ3) is 11.1. The third-order valence-electron chi connectivity index (χ3n) is 4.44. The van der Waals surface area contributed by atoms with Crippen molar-refractivity contribution in [2.75, 3.05) is 34.1 Å². The number of rotatable bonds is 5. The fraction of sp³-hybridized carbons (Fsp3) is 0.550. The fourth-order valence-electron chi connectivity index (χ4n) is 2.96. The molecule has 1 unspecified atom stereocenters. The van der Waals surface area contributed by atoms with Gasteiger partial charge in [-0.05, 0) is 44.1 Å². The third-order valence-corrected chi connectivity index (χ3v) is 4.44. The van der Waals surface area contributed by atoms with Crippen LogP contribution in [0.3, 0.4) is 0 Å². The molecule has 13 N–H and O–H groups in total. The number of quaternary nitrogens is 1. The maximum Gasteiger partial charge on any atom is 0.430 e. The van der Waals surface area contributed by atoms with Gasteiger partial charge in [-0.25, -0.2) is 21.4 Å². The predicted molar refractivity (Wildman–Crippen MR) is 118 cm³/mol. The Kier molecular flexibility index (Phi) is 14.8. The van der Waals surface area contributed by atoms with E-state index in [0.717, 1.165) is 7.11 Å². The second kappa shape index (κ2) is 15.8. The molecule has 0 bridgehead atoms. The summed E-state index contributed by atoms with van der Waals surface area (Å²) < 4.78 is 49.0. The predicted octanol–water partition coefficient (Wildman–Crippen LogP) is -3.27. The van der Waals surface area contributed by atoms with Gasteiger partial charge in [-0.1, -0.05) is 0 Å². The van der Waals surface area contributed by atoms with Crippen molar-refractivity contribution in [2.24, 2.45) is 5.90 Å². The van der Waals surface area contributed by atoms with E-state index in [9.17, 15) is 48.6 Å². The van der Waals surface area contributed by atoms with E-state index in [0.29, 0.717) is 18.2 Å². The maximum atomic E-state index is 13.3. The molecule has 38 heavy (non-hydrogen) atoms. The minimum absolute atomic E-state index is 0.367. The summed E-state index contributed by atoms with van der Waals surface area (Å²) in [5.74, 6) is -2.32. The van der Waals surface area contributed by atoms with Crippen molar-refractivity contribution in [3.05, 3.63) is 34.4 Å². The topological polar surface area (TPSA) is 261 Å². The fourth-order valence-corrected chi connectivity index (χ4v) is 2.96. The highest BCUT2D eigenvalue weighted by molar-refractivity contribution is 5.96. The number of fused-ring (bicyclic) bond motifs is 1. The molecular weight excluding hydrogens is 531 g/mol. The zero-order chi connectivity index (χ0) is 29.7. The molecule has 1 aromatic carbocycles. The summed E-state index contributed by atoms with van der Waals surface area (Å²) in [6.45, 7) is 1.60. The molecule has 0 amide bonds. The molecule has 15 nitrogen and oxygen atoms in total. The summed E-state index contributed by atoms with van der Waals surface area (Å²) in [5, 5.41) is 66.1. The van der Waals surface area contributed by atoms with E-state index in [-0.39, 0.29) is 0 Å².